The summed E-state index contributed by atoms with van der Waals surface area (Å²) in [7, 11) is 0. The lowest BCUT2D eigenvalue weighted by atomic mass is 10.2. The number of halogens is 5. The van der Waals surface area contributed by atoms with E-state index in [1.807, 2.05) is 15.9 Å². The molecular formula is C4H3BrF4O2. The molecule has 2 nitrogen and oxygen atoms in total. The zero-order valence-corrected chi connectivity index (χ0v) is 6.49. The van der Waals surface area contributed by atoms with E-state index in [0.717, 1.165) is 0 Å². The average molecular weight is 239 g/mol. The molecule has 0 aromatic heterocycles. The van der Waals surface area contributed by atoms with Crippen molar-refractivity contribution in [3.63, 3.8) is 0 Å². The van der Waals surface area contributed by atoms with Crippen molar-refractivity contribution >= 4 is 21.9 Å². The second-order valence-corrected chi connectivity index (χ2v) is 2.59. The zero-order valence-electron chi connectivity index (χ0n) is 4.90. The third-order valence-electron chi connectivity index (χ3n) is 0.846. The Balaban J connectivity index is 4.41. The van der Waals surface area contributed by atoms with Crippen molar-refractivity contribution in [2.24, 2.45) is 0 Å². The van der Waals surface area contributed by atoms with E-state index in [0.29, 0.717) is 0 Å². The first-order valence-electron chi connectivity index (χ1n) is 2.33. The van der Waals surface area contributed by atoms with Gasteiger partial charge in [-0.25, -0.2) is 8.78 Å². The van der Waals surface area contributed by atoms with Gasteiger partial charge in [-0.2, -0.15) is 8.78 Å². The highest BCUT2D eigenvalue weighted by molar-refractivity contribution is 9.10. The monoisotopic (exact) mass is 238 g/mol. The number of carboxylic acids is 1. The Kier molecular flexibility index (Phi) is 3.28. The third-order valence-corrected chi connectivity index (χ3v) is 1.85. The van der Waals surface area contributed by atoms with Gasteiger partial charge in [-0.1, -0.05) is 15.9 Å². The molecule has 0 heterocycles. The van der Waals surface area contributed by atoms with Gasteiger partial charge in [0.05, 0.1) is 0 Å². The van der Waals surface area contributed by atoms with Crippen LogP contribution in [0.4, 0.5) is 17.6 Å². The first-order valence-corrected chi connectivity index (χ1v) is 3.24. The summed E-state index contributed by atoms with van der Waals surface area (Å²) in [6.45, 7) is 0. The van der Waals surface area contributed by atoms with E-state index in [1.165, 1.54) is 0 Å². The highest BCUT2D eigenvalue weighted by Gasteiger charge is 2.51. The lowest BCUT2D eigenvalue weighted by molar-refractivity contribution is -0.159. The summed E-state index contributed by atoms with van der Waals surface area (Å²) < 4.78 is 46.8. The van der Waals surface area contributed by atoms with Crippen LogP contribution < -0.4 is 0 Å². The molecule has 1 N–H and O–H groups in total. The van der Waals surface area contributed by atoms with E-state index < -0.39 is 23.1 Å². The van der Waals surface area contributed by atoms with Crippen molar-refractivity contribution < 1.29 is 27.5 Å². The fraction of sp³-hybridized carbons (Fsp3) is 0.750. The van der Waals surface area contributed by atoms with Gasteiger partial charge in [0.25, 0.3) is 0 Å². The first-order chi connectivity index (χ1) is 4.80. The van der Waals surface area contributed by atoms with Gasteiger partial charge < -0.3 is 5.11 Å². The van der Waals surface area contributed by atoms with Crippen LogP contribution in [0.5, 0.6) is 0 Å². The summed E-state index contributed by atoms with van der Waals surface area (Å²) in [5.41, 5.74) is 0. The Labute approximate surface area is 67.3 Å². The molecule has 11 heavy (non-hydrogen) atoms. The fourth-order valence-electron chi connectivity index (χ4n) is 0.275. The summed E-state index contributed by atoms with van der Waals surface area (Å²) >= 11 is 1.93. The van der Waals surface area contributed by atoms with Crippen molar-refractivity contribution in [3.8, 4) is 0 Å². The smallest absolute Gasteiger partial charge is 0.330 e. The van der Waals surface area contributed by atoms with Crippen LogP contribution in [0.3, 0.4) is 0 Å². The van der Waals surface area contributed by atoms with Gasteiger partial charge in [-0.3, -0.25) is 4.79 Å². The molecule has 0 rings (SSSR count). The Morgan fingerprint density at radius 3 is 1.91 bits per heavy atom. The van der Waals surface area contributed by atoms with Gasteiger partial charge in [0, 0.05) is 0 Å². The highest BCUT2D eigenvalue weighted by Crippen LogP contribution is 2.31. The number of carbonyl (C=O) groups is 1. The maximum atomic E-state index is 12.0. The zero-order chi connectivity index (χ0) is 9.23. The molecule has 0 spiro atoms. The number of alkyl halides is 5. The molecular weight excluding hydrogens is 236 g/mol. The van der Waals surface area contributed by atoms with Crippen LogP contribution >= 0.6 is 15.9 Å². The first kappa shape index (κ1) is 10.7. The maximum absolute atomic E-state index is 12.0. The lowest BCUT2D eigenvalue weighted by Crippen LogP contribution is -2.41. The highest BCUT2D eigenvalue weighted by atomic mass is 79.9. The predicted molar refractivity (Wildman–Crippen MR) is 31.3 cm³/mol. The van der Waals surface area contributed by atoms with E-state index in [2.05, 4.69) is 0 Å². The Hall–Kier alpha value is -0.330. The molecule has 0 fully saturated rings. The summed E-state index contributed by atoms with van der Waals surface area (Å²) in [6.07, 6.45) is -3.98. The molecule has 7 heteroatoms. The number of carboxylic acid groups (broad SMARTS) is 1. The number of hydrogen-bond donors (Lipinski definition) is 1. The molecule has 1 atom stereocenters. The van der Waals surface area contributed by atoms with Crippen molar-refractivity contribution in [1.82, 2.24) is 0 Å². The predicted octanol–water partition coefficient (Wildman–Crippen LogP) is 1.73. The van der Waals surface area contributed by atoms with Crippen molar-refractivity contribution in [1.29, 1.82) is 0 Å². The van der Waals surface area contributed by atoms with Crippen molar-refractivity contribution in [2.45, 2.75) is 17.2 Å². The molecule has 66 valence electrons. The third kappa shape index (κ3) is 2.32. The Morgan fingerprint density at radius 2 is 1.82 bits per heavy atom. The average Bonchev–Trinajstić information content (AvgIpc) is 1.85. The molecule has 0 aromatic carbocycles. The molecule has 0 aliphatic carbocycles. The molecule has 0 bridgehead atoms. The number of hydrogen-bond acceptors (Lipinski definition) is 1. The van der Waals surface area contributed by atoms with Gasteiger partial charge in [-0.15, -0.1) is 0 Å². The van der Waals surface area contributed by atoms with Gasteiger partial charge in [0.1, 0.15) is 0 Å². The minimum absolute atomic E-state index is 1.93. The maximum Gasteiger partial charge on any atom is 0.330 e. The SMILES string of the molecule is O=C(O)C(Br)C(F)(F)C(F)F. The molecule has 0 aliphatic heterocycles. The Morgan fingerprint density at radius 1 is 1.45 bits per heavy atom. The topological polar surface area (TPSA) is 37.3 Å². The normalized spacial score (nSPS) is 15.1. The van der Waals surface area contributed by atoms with Gasteiger partial charge in [0.2, 0.25) is 0 Å². The van der Waals surface area contributed by atoms with E-state index in [-0.39, 0.29) is 0 Å². The minimum Gasteiger partial charge on any atom is -0.480 e. The molecule has 0 saturated carbocycles. The van der Waals surface area contributed by atoms with Crippen LogP contribution in [-0.2, 0) is 4.79 Å². The summed E-state index contributed by atoms with van der Waals surface area (Å²) in [5, 5.41) is 7.91. The Bertz CT molecular complexity index is 160. The van der Waals surface area contributed by atoms with Crippen LogP contribution in [0.1, 0.15) is 0 Å². The quantitative estimate of drug-likeness (QED) is 0.601. The summed E-state index contributed by atoms with van der Waals surface area (Å²) in [4.78, 5) is 7.24. The molecule has 0 saturated heterocycles. The summed E-state index contributed by atoms with van der Waals surface area (Å²) in [6, 6.07) is 0. The van der Waals surface area contributed by atoms with Crippen molar-refractivity contribution in [3.05, 3.63) is 0 Å². The lowest BCUT2D eigenvalue weighted by Gasteiger charge is -2.17. The van der Waals surface area contributed by atoms with Crippen LogP contribution in [0, 0.1) is 0 Å². The van der Waals surface area contributed by atoms with Crippen LogP contribution in [0.25, 0.3) is 0 Å². The second-order valence-electron chi connectivity index (χ2n) is 1.68. The van der Waals surface area contributed by atoms with E-state index >= 15 is 0 Å². The van der Waals surface area contributed by atoms with Gasteiger partial charge in [-0.05, 0) is 0 Å². The van der Waals surface area contributed by atoms with E-state index in [4.69, 9.17) is 5.11 Å². The van der Waals surface area contributed by atoms with Crippen LogP contribution in [-0.4, -0.2) is 28.3 Å². The van der Waals surface area contributed by atoms with E-state index in [9.17, 15) is 22.4 Å². The fourth-order valence-corrected chi connectivity index (χ4v) is 0.475. The van der Waals surface area contributed by atoms with Crippen LogP contribution in [0.2, 0.25) is 0 Å². The van der Waals surface area contributed by atoms with E-state index in [1.54, 1.807) is 0 Å². The van der Waals surface area contributed by atoms with Gasteiger partial charge >= 0.3 is 18.3 Å². The molecule has 0 aliphatic rings. The standard InChI is InChI=1S/C4H3BrF4O2/c5-1(2(10)11)4(8,9)3(6)7/h1,3H,(H,10,11). The molecule has 1 unspecified atom stereocenters. The minimum atomic E-state index is -4.54. The van der Waals surface area contributed by atoms with Crippen LogP contribution in [0.15, 0.2) is 0 Å². The summed E-state index contributed by atoms with van der Waals surface area (Å²) in [5.74, 6) is -6.55. The molecule has 0 aromatic rings. The van der Waals surface area contributed by atoms with Gasteiger partial charge in [0.15, 0.2) is 4.83 Å². The largest absolute Gasteiger partial charge is 0.480 e. The molecule has 0 radical (unpaired) electrons. The second kappa shape index (κ2) is 3.38. The van der Waals surface area contributed by atoms with Crippen molar-refractivity contribution in [2.75, 3.05) is 0 Å². The number of rotatable bonds is 3. The molecule has 0 amide bonds. The number of aliphatic carboxylic acids is 1.